The van der Waals surface area contributed by atoms with Crippen molar-refractivity contribution in [2.45, 2.75) is 25.1 Å². The van der Waals surface area contributed by atoms with Gasteiger partial charge in [0.25, 0.3) is 5.91 Å². The van der Waals surface area contributed by atoms with E-state index in [0.29, 0.717) is 37.2 Å². The van der Waals surface area contributed by atoms with E-state index in [1.807, 2.05) is 11.0 Å². The maximum Gasteiger partial charge on any atom is 0.337 e. The fraction of sp³-hybridized carbons (Fsp3) is 0.400. The van der Waals surface area contributed by atoms with E-state index < -0.39 is 24.0 Å². The summed E-state index contributed by atoms with van der Waals surface area (Å²) in [6.07, 6.45) is -0.824. The molecule has 12 nitrogen and oxygen atoms in total. The van der Waals surface area contributed by atoms with Crippen molar-refractivity contribution >= 4 is 58.3 Å². The molecular weight excluding hydrogens is 583 g/mol. The van der Waals surface area contributed by atoms with Crippen LogP contribution in [0.2, 0.25) is 9.36 Å². The minimum absolute atomic E-state index is 0.0611. The maximum atomic E-state index is 13.6. The number of morpholine rings is 1. The topological polar surface area (TPSA) is 150 Å². The molecule has 15 heteroatoms. The predicted octanol–water partition coefficient (Wildman–Crippen LogP) is 2.61. The summed E-state index contributed by atoms with van der Waals surface area (Å²) in [4.78, 5) is 46.9. The minimum atomic E-state index is -1.27. The second-order valence-corrected chi connectivity index (χ2v) is 11.6. The maximum absolute atomic E-state index is 13.6. The largest absolute Gasteiger partial charge is 0.478 e. The van der Waals surface area contributed by atoms with E-state index >= 15 is 0 Å². The van der Waals surface area contributed by atoms with Gasteiger partial charge >= 0.3 is 5.97 Å². The molecule has 4 heterocycles. The van der Waals surface area contributed by atoms with Crippen LogP contribution in [0.3, 0.4) is 0 Å². The van der Waals surface area contributed by atoms with Gasteiger partial charge in [-0.2, -0.15) is 9.67 Å². The van der Waals surface area contributed by atoms with Crippen LogP contribution in [0.5, 0.6) is 0 Å². The summed E-state index contributed by atoms with van der Waals surface area (Å²) in [5.41, 5.74) is -0.280. The number of carbonyl (C=O) groups is 3. The standard InChI is InChI=1S/C25H26Cl2N6O6S/c26-18-5-4-15(40-18)11-28-25-29-22(30-33(25)23(36)16-2-1-3-17(21(16)27)24(37)38)14-10-19(34)32(12-14)20(35)13-31-6-8-39-9-7-31/h1-5,14,19,34H,6-13H2,(H,37,38)(H,28,29,30). The van der Waals surface area contributed by atoms with Crippen molar-refractivity contribution in [1.29, 1.82) is 0 Å². The molecule has 2 aromatic heterocycles. The van der Waals surface area contributed by atoms with Gasteiger partial charge in [-0.1, -0.05) is 29.3 Å². The van der Waals surface area contributed by atoms with E-state index in [0.717, 1.165) is 9.56 Å². The van der Waals surface area contributed by atoms with Crippen LogP contribution in [-0.2, 0) is 16.1 Å². The number of nitrogens with one attached hydrogen (secondary N) is 1. The number of nitrogens with zero attached hydrogens (tertiary/aromatic N) is 5. The lowest BCUT2D eigenvalue weighted by molar-refractivity contribution is -0.140. The quantitative estimate of drug-likeness (QED) is 0.348. The van der Waals surface area contributed by atoms with Crippen molar-refractivity contribution in [2.75, 3.05) is 44.7 Å². The highest BCUT2D eigenvalue weighted by atomic mass is 35.5. The molecule has 3 aromatic rings. The van der Waals surface area contributed by atoms with Gasteiger partial charge < -0.3 is 25.2 Å². The first-order valence-corrected chi connectivity index (χ1v) is 14.1. The van der Waals surface area contributed by atoms with E-state index in [1.54, 1.807) is 6.07 Å². The Balaban J connectivity index is 1.40. The second-order valence-electron chi connectivity index (χ2n) is 9.39. The molecule has 2 unspecified atom stereocenters. The summed E-state index contributed by atoms with van der Waals surface area (Å²) in [6, 6.07) is 7.72. The Morgan fingerprint density at radius 3 is 2.58 bits per heavy atom. The molecule has 2 aliphatic rings. The number of likely N-dealkylation sites (tertiary alicyclic amines) is 1. The van der Waals surface area contributed by atoms with Crippen LogP contribution in [0.15, 0.2) is 30.3 Å². The van der Waals surface area contributed by atoms with E-state index in [-0.39, 0.29) is 53.3 Å². The Morgan fingerprint density at radius 1 is 1.12 bits per heavy atom. The first kappa shape index (κ1) is 28.5. The van der Waals surface area contributed by atoms with E-state index in [2.05, 4.69) is 15.4 Å². The van der Waals surface area contributed by atoms with Crippen LogP contribution >= 0.6 is 34.5 Å². The number of hydrogen-bond donors (Lipinski definition) is 3. The highest BCUT2D eigenvalue weighted by Crippen LogP contribution is 2.31. The smallest absolute Gasteiger partial charge is 0.337 e. The third-order valence-electron chi connectivity index (χ3n) is 6.75. The Kier molecular flexibility index (Phi) is 8.68. The minimum Gasteiger partial charge on any atom is -0.478 e. The summed E-state index contributed by atoms with van der Waals surface area (Å²) < 4.78 is 6.97. The lowest BCUT2D eigenvalue weighted by Gasteiger charge is -2.29. The van der Waals surface area contributed by atoms with E-state index in [4.69, 9.17) is 27.9 Å². The van der Waals surface area contributed by atoms with Gasteiger partial charge in [0.05, 0.1) is 46.8 Å². The van der Waals surface area contributed by atoms with E-state index in [1.165, 1.54) is 34.4 Å². The third kappa shape index (κ3) is 6.14. The number of anilines is 1. The molecule has 212 valence electrons. The summed E-state index contributed by atoms with van der Waals surface area (Å²) in [6.45, 7) is 3.04. The molecular formula is C25H26Cl2N6O6S. The third-order valence-corrected chi connectivity index (χ3v) is 8.38. The lowest BCUT2D eigenvalue weighted by atomic mass is 10.1. The number of ether oxygens (including phenoxy) is 1. The van der Waals surface area contributed by atoms with Crippen molar-refractivity contribution in [3.8, 4) is 0 Å². The van der Waals surface area contributed by atoms with Gasteiger partial charge in [-0.3, -0.25) is 14.5 Å². The molecule has 2 aliphatic heterocycles. The zero-order valence-electron chi connectivity index (χ0n) is 21.1. The molecule has 0 bridgehead atoms. The van der Waals surface area contributed by atoms with Crippen LogP contribution in [0, 0.1) is 0 Å². The highest BCUT2D eigenvalue weighted by Gasteiger charge is 2.38. The Labute approximate surface area is 243 Å². The number of rotatable bonds is 8. The normalized spacial score (nSPS) is 19.6. The Morgan fingerprint density at radius 2 is 1.88 bits per heavy atom. The fourth-order valence-corrected chi connectivity index (χ4v) is 5.97. The number of thiophene rings is 1. The SMILES string of the molecule is O=C(O)c1cccc(C(=O)n2nc(C3CC(O)N(C(=O)CN4CCOCC4)C3)nc2NCc2ccc(Cl)s2)c1Cl. The highest BCUT2D eigenvalue weighted by molar-refractivity contribution is 7.16. The molecule has 1 amide bonds. The molecule has 2 atom stereocenters. The number of carboxylic acid groups (broad SMARTS) is 1. The molecule has 2 fully saturated rings. The van der Waals surface area contributed by atoms with Crippen LogP contribution in [0.25, 0.3) is 0 Å². The van der Waals surface area contributed by atoms with Crippen molar-refractivity contribution in [2.24, 2.45) is 0 Å². The number of aliphatic hydroxyl groups excluding tert-OH is 1. The lowest BCUT2D eigenvalue weighted by Crippen LogP contribution is -2.46. The van der Waals surface area contributed by atoms with Crippen molar-refractivity contribution in [3.05, 3.63) is 61.5 Å². The number of aliphatic hydroxyl groups is 1. The molecule has 40 heavy (non-hydrogen) atoms. The first-order valence-electron chi connectivity index (χ1n) is 12.5. The summed E-state index contributed by atoms with van der Waals surface area (Å²) >= 11 is 13.7. The number of carboxylic acids is 1. The van der Waals surface area contributed by atoms with Gasteiger partial charge in [0.15, 0.2) is 5.82 Å². The number of amides is 1. The zero-order valence-corrected chi connectivity index (χ0v) is 23.5. The summed E-state index contributed by atoms with van der Waals surface area (Å²) in [7, 11) is 0. The second kappa shape index (κ2) is 12.2. The number of hydrogen-bond acceptors (Lipinski definition) is 10. The van der Waals surface area contributed by atoms with Gasteiger partial charge in [-0.15, -0.1) is 16.4 Å². The molecule has 0 radical (unpaired) electrons. The number of benzene rings is 1. The van der Waals surface area contributed by atoms with Crippen molar-refractivity contribution in [1.82, 2.24) is 24.6 Å². The molecule has 0 aliphatic carbocycles. The van der Waals surface area contributed by atoms with Crippen molar-refractivity contribution < 1.29 is 29.3 Å². The van der Waals surface area contributed by atoms with Crippen LogP contribution in [0.4, 0.5) is 5.95 Å². The van der Waals surface area contributed by atoms with Gasteiger partial charge in [0, 0.05) is 36.9 Å². The van der Waals surface area contributed by atoms with Crippen LogP contribution in [0.1, 0.15) is 43.8 Å². The Hall–Kier alpha value is -3.07. The average Bonchev–Trinajstić information content (AvgIpc) is 3.65. The molecule has 0 spiro atoms. The van der Waals surface area contributed by atoms with Gasteiger partial charge in [-0.25, -0.2) is 4.79 Å². The molecule has 0 saturated carbocycles. The number of aromatic carboxylic acids is 1. The summed E-state index contributed by atoms with van der Waals surface area (Å²) in [5.74, 6) is -2.24. The number of halogens is 2. The zero-order chi connectivity index (χ0) is 28.4. The predicted molar refractivity (Wildman–Crippen MR) is 147 cm³/mol. The average molecular weight is 609 g/mol. The molecule has 1 aromatic carbocycles. The molecule has 5 rings (SSSR count). The monoisotopic (exact) mass is 608 g/mol. The van der Waals surface area contributed by atoms with E-state index in [9.17, 15) is 24.6 Å². The first-order chi connectivity index (χ1) is 19.2. The van der Waals surface area contributed by atoms with Crippen LogP contribution < -0.4 is 5.32 Å². The van der Waals surface area contributed by atoms with Gasteiger partial charge in [-0.05, 0) is 24.3 Å². The Bertz CT molecular complexity index is 1420. The van der Waals surface area contributed by atoms with Crippen molar-refractivity contribution in [3.63, 3.8) is 0 Å². The molecule has 2 saturated heterocycles. The summed E-state index contributed by atoms with van der Waals surface area (Å²) in [5, 5.41) is 27.4. The van der Waals surface area contributed by atoms with Crippen LogP contribution in [-0.4, -0.2) is 98.2 Å². The fourth-order valence-electron chi connectivity index (χ4n) is 4.66. The van der Waals surface area contributed by atoms with Gasteiger partial charge in [0.1, 0.15) is 6.23 Å². The molecule has 3 N–H and O–H groups in total. The number of carbonyl (C=O) groups excluding carboxylic acids is 2. The van der Waals surface area contributed by atoms with Gasteiger partial charge in [0.2, 0.25) is 11.9 Å². The number of aromatic nitrogens is 3.